The lowest BCUT2D eigenvalue weighted by Gasteiger charge is -2.18. The van der Waals surface area contributed by atoms with Crippen LogP contribution in [0.1, 0.15) is 50.1 Å². The van der Waals surface area contributed by atoms with Gasteiger partial charge in [0, 0.05) is 16.7 Å². The molecule has 0 amide bonds. The summed E-state index contributed by atoms with van der Waals surface area (Å²) in [6.07, 6.45) is 2.66. The van der Waals surface area contributed by atoms with Crippen molar-refractivity contribution < 1.29 is 8.42 Å². The average molecular weight is 303 g/mol. The molecule has 110 valence electrons. The summed E-state index contributed by atoms with van der Waals surface area (Å²) in [5, 5.41) is 5.61. The van der Waals surface area contributed by atoms with Crippen molar-refractivity contribution in [2.24, 2.45) is 0 Å². The summed E-state index contributed by atoms with van der Waals surface area (Å²) in [5.74, 6) is 0.552. The number of aryl methyl sites for hydroxylation is 1. The summed E-state index contributed by atoms with van der Waals surface area (Å²) in [5.41, 5.74) is 1.38. The Balaban J connectivity index is 2.64. The second-order valence-electron chi connectivity index (χ2n) is 4.65. The Labute approximate surface area is 121 Å². The van der Waals surface area contributed by atoms with Crippen molar-refractivity contribution in [2.45, 2.75) is 46.1 Å². The van der Waals surface area contributed by atoms with Gasteiger partial charge in [0.25, 0.3) is 0 Å². The zero-order chi connectivity index (χ0) is 14.3. The zero-order valence-corrected chi connectivity index (χ0v) is 13.7. The maximum Gasteiger partial charge on any atom is 0.150 e. The van der Waals surface area contributed by atoms with Gasteiger partial charge in [-0.15, -0.1) is 11.3 Å². The third kappa shape index (κ3) is 5.24. The molecule has 19 heavy (non-hydrogen) atoms. The van der Waals surface area contributed by atoms with Gasteiger partial charge in [-0.1, -0.05) is 20.8 Å². The SMILES string of the molecule is CCNC(CCCS(=O)(=O)CC)c1sccc1CC. The maximum absolute atomic E-state index is 11.5. The van der Waals surface area contributed by atoms with E-state index in [9.17, 15) is 8.42 Å². The Hall–Kier alpha value is -0.390. The first-order valence-electron chi connectivity index (χ1n) is 7.04. The summed E-state index contributed by atoms with van der Waals surface area (Å²) < 4.78 is 23.1. The fraction of sp³-hybridized carbons (Fsp3) is 0.714. The highest BCUT2D eigenvalue weighted by atomic mass is 32.2. The van der Waals surface area contributed by atoms with E-state index in [0.717, 1.165) is 25.8 Å². The molecule has 5 heteroatoms. The van der Waals surface area contributed by atoms with Crippen LogP contribution in [0.4, 0.5) is 0 Å². The van der Waals surface area contributed by atoms with Crippen molar-refractivity contribution in [1.82, 2.24) is 5.32 Å². The largest absolute Gasteiger partial charge is 0.310 e. The van der Waals surface area contributed by atoms with Crippen LogP contribution in [0.3, 0.4) is 0 Å². The van der Waals surface area contributed by atoms with Gasteiger partial charge in [-0.05, 0) is 42.8 Å². The molecule has 0 saturated heterocycles. The fourth-order valence-corrected chi connectivity index (χ4v) is 4.17. The Morgan fingerprint density at radius 2 is 2.05 bits per heavy atom. The van der Waals surface area contributed by atoms with Crippen LogP contribution in [-0.2, 0) is 16.3 Å². The minimum Gasteiger partial charge on any atom is -0.310 e. The molecule has 0 saturated carbocycles. The molecule has 3 nitrogen and oxygen atoms in total. The van der Waals surface area contributed by atoms with Gasteiger partial charge < -0.3 is 5.32 Å². The maximum atomic E-state index is 11.5. The Morgan fingerprint density at radius 3 is 2.63 bits per heavy atom. The molecule has 0 fully saturated rings. The van der Waals surface area contributed by atoms with Gasteiger partial charge in [-0.3, -0.25) is 0 Å². The first-order valence-corrected chi connectivity index (χ1v) is 9.74. The quantitative estimate of drug-likeness (QED) is 0.762. The van der Waals surface area contributed by atoms with Crippen LogP contribution in [0.25, 0.3) is 0 Å². The minimum absolute atomic E-state index is 0.248. The van der Waals surface area contributed by atoms with E-state index in [-0.39, 0.29) is 5.75 Å². The molecular weight excluding hydrogens is 278 g/mol. The molecule has 1 N–H and O–H groups in total. The predicted molar refractivity (Wildman–Crippen MR) is 83.7 cm³/mol. The molecule has 0 radical (unpaired) electrons. The molecule has 0 spiro atoms. The third-order valence-corrected chi connectivity index (χ3v) is 6.18. The predicted octanol–water partition coefficient (Wildman–Crippen LogP) is 3.18. The highest BCUT2D eigenvalue weighted by molar-refractivity contribution is 7.91. The van der Waals surface area contributed by atoms with Gasteiger partial charge in [-0.2, -0.15) is 0 Å². The van der Waals surface area contributed by atoms with Crippen LogP contribution in [0.2, 0.25) is 0 Å². The van der Waals surface area contributed by atoms with Gasteiger partial charge in [-0.25, -0.2) is 8.42 Å². The van der Waals surface area contributed by atoms with E-state index in [4.69, 9.17) is 0 Å². The van der Waals surface area contributed by atoms with Crippen molar-refractivity contribution in [3.8, 4) is 0 Å². The van der Waals surface area contributed by atoms with E-state index >= 15 is 0 Å². The summed E-state index contributed by atoms with van der Waals surface area (Å²) in [6, 6.07) is 2.47. The lowest BCUT2D eigenvalue weighted by Crippen LogP contribution is -2.22. The number of rotatable bonds is 9. The molecule has 1 rings (SSSR count). The Morgan fingerprint density at radius 1 is 1.32 bits per heavy atom. The van der Waals surface area contributed by atoms with E-state index in [0.29, 0.717) is 11.8 Å². The average Bonchev–Trinajstić information content (AvgIpc) is 2.85. The second-order valence-corrected chi connectivity index (χ2v) is 8.07. The van der Waals surface area contributed by atoms with Crippen LogP contribution in [0.15, 0.2) is 11.4 Å². The highest BCUT2D eigenvalue weighted by Crippen LogP contribution is 2.28. The van der Waals surface area contributed by atoms with Crippen molar-refractivity contribution >= 4 is 21.2 Å². The van der Waals surface area contributed by atoms with Crippen LogP contribution >= 0.6 is 11.3 Å². The van der Waals surface area contributed by atoms with Crippen molar-refractivity contribution in [2.75, 3.05) is 18.1 Å². The minimum atomic E-state index is -2.84. The first-order chi connectivity index (χ1) is 9.04. The summed E-state index contributed by atoms with van der Waals surface area (Å²) in [7, 11) is -2.84. The molecule has 1 atom stereocenters. The van der Waals surface area contributed by atoms with E-state index < -0.39 is 9.84 Å². The molecule has 1 aromatic rings. The molecule has 1 aromatic heterocycles. The summed E-state index contributed by atoms with van der Waals surface area (Å²) in [6.45, 7) is 6.88. The van der Waals surface area contributed by atoms with E-state index in [1.165, 1.54) is 10.4 Å². The molecule has 0 aromatic carbocycles. The van der Waals surface area contributed by atoms with Gasteiger partial charge in [0.2, 0.25) is 0 Å². The second kappa shape index (κ2) is 8.02. The smallest absolute Gasteiger partial charge is 0.150 e. The van der Waals surface area contributed by atoms with Crippen LogP contribution < -0.4 is 5.32 Å². The number of hydrogen-bond donors (Lipinski definition) is 1. The van der Waals surface area contributed by atoms with Gasteiger partial charge in [0.1, 0.15) is 9.84 Å². The molecule has 0 aliphatic carbocycles. The summed E-state index contributed by atoms with van der Waals surface area (Å²) >= 11 is 1.77. The normalized spacial score (nSPS) is 13.6. The number of nitrogens with one attached hydrogen (secondary N) is 1. The summed E-state index contributed by atoms with van der Waals surface area (Å²) in [4.78, 5) is 1.37. The zero-order valence-electron chi connectivity index (χ0n) is 12.1. The molecule has 1 heterocycles. The Bertz CT molecular complexity index is 466. The van der Waals surface area contributed by atoms with E-state index in [2.05, 4.69) is 30.6 Å². The standard InChI is InChI=1S/C14H25NO2S2/c1-4-12-9-10-18-14(12)13(15-5-2)8-7-11-19(16,17)6-3/h9-10,13,15H,4-8,11H2,1-3H3. The lowest BCUT2D eigenvalue weighted by molar-refractivity contribution is 0.511. The van der Waals surface area contributed by atoms with Crippen molar-refractivity contribution in [1.29, 1.82) is 0 Å². The number of thiophene rings is 1. The number of hydrogen-bond acceptors (Lipinski definition) is 4. The van der Waals surface area contributed by atoms with Crippen molar-refractivity contribution in [3.63, 3.8) is 0 Å². The van der Waals surface area contributed by atoms with E-state index in [1.807, 2.05) is 0 Å². The fourth-order valence-electron chi connectivity index (χ4n) is 2.17. The first kappa shape index (κ1) is 16.7. The van der Waals surface area contributed by atoms with Crippen molar-refractivity contribution in [3.05, 3.63) is 21.9 Å². The van der Waals surface area contributed by atoms with Crippen LogP contribution in [0.5, 0.6) is 0 Å². The van der Waals surface area contributed by atoms with Gasteiger partial charge in [0.15, 0.2) is 0 Å². The molecule has 0 bridgehead atoms. The highest BCUT2D eigenvalue weighted by Gasteiger charge is 2.16. The van der Waals surface area contributed by atoms with Crippen LogP contribution in [-0.4, -0.2) is 26.5 Å². The third-order valence-electron chi connectivity index (χ3n) is 3.32. The van der Waals surface area contributed by atoms with Crippen LogP contribution in [0, 0.1) is 0 Å². The van der Waals surface area contributed by atoms with Gasteiger partial charge in [0.05, 0.1) is 5.75 Å². The monoisotopic (exact) mass is 303 g/mol. The topological polar surface area (TPSA) is 46.2 Å². The molecule has 0 aliphatic rings. The molecule has 1 unspecified atom stereocenters. The lowest BCUT2D eigenvalue weighted by atomic mass is 10.1. The Kier molecular flexibility index (Phi) is 7.04. The van der Waals surface area contributed by atoms with E-state index in [1.54, 1.807) is 18.3 Å². The molecule has 0 aliphatic heterocycles. The van der Waals surface area contributed by atoms with Gasteiger partial charge >= 0.3 is 0 Å². The molecular formula is C14H25NO2S2. The number of sulfone groups is 1.